The van der Waals surface area contributed by atoms with Crippen molar-refractivity contribution in [2.24, 2.45) is 0 Å². The molecule has 0 aliphatic carbocycles. The van der Waals surface area contributed by atoms with Crippen LogP contribution < -0.4 is 0 Å². The van der Waals surface area contributed by atoms with E-state index in [1.807, 2.05) is 62.9 Å². The molecule has 3 rings (SSSR count). The first kappa shape index (κ1) is 18.5. The molecule has 0 bridgehead atoms. The Labute approximate surface area is 155 Å². The fraction of sp³-hybridized carbons (Fsp3) is 0.600. The molecule has 1 spiro atoms. The molecule has 142 valence electrons. The second kappa shape index (κ2) is 6.82. The summed E-state index contributed by atoms with van der Waals surface area (Å²) in [7, 11) is 0. The SMILES string of the molecule is C[C@H](c1ccccc1)N1C(=O)OC12CCCN(C(=O)OC(C)(C)C)CC2. The summed E-state index contributed by atoms with van der Waals surface area (Å²) < 4.78 is 11.1. The van der Waals surface area contributed by atoms with Gasteiger partial charge in [-0.1, -0.05) is 30.3 Å². The fourth-order valence-electron chi connectivity index (χ4n) is 3.72. The molecule has 2 aliphatic rings. The predicted molar refractivity (Wildman–Crippen MR) is 97.6 cm³/mol. The summed E-state index contributed by atoms with van der Waals surface area (Å²) in [5.41, 5.74) is -0.0576. The van der Waals surface area contributed by atoms with Crippen LogP contribution in [0.3, 0.4) is 0 Å². The lowest BCUT2D eigenvalue weighted by molar-refractivity contribution is -0.207. The van der Waals surface area contributed by atoms with Gasteiger partial charge in [0, 0.05) is 25.9 Å². The number of amides is 2. The van der Waals surface area contributed by atoms with E-state index in [2.05, 4.69) is 0 Å². The second-order valence-corrected chi connectivity index (χ2v) is 8.09. The van der Waals surface area contributed by atoms with E-state index in [4.69, 9.17) is 9.47 Å². The molecule has 2 saturated heterocycles. The monoisotopic (exact) mass is 360 g/mol. The number of rotatable bonds is 2. The van der Waals surface area contributed by atoms with Crippen LogP contribution in [0.15, 0.2) is 30.3 Å². The highest BCUT2D eigenvalue weighted by Crippen LogP contribution is 2.44. The summed E-state index contributed by atoms with van der Waals surface area (Å²) in [5.74, 6) is 0. The molecule has 2 heterocycles. The van der Waals surface area contributed by atoms with E-state index in [-0.39, 0.29) is 18.2 Å². The van der Waals surface area contributed by atoms with Gasteiger partial charge in [-0.05, 0) is 39.7 Å². The van der Waals surface area contributed by atoms with Crippen molar-refractivity contribution in [1.82, 2.24) is 9.80 Å². The Morgan fingerprint density at radius 2 is 1.88 bits per heavy atom. The Bertz CT molecular complexity index is 670. The molecule has 1 aromatic rings. The van der Waals surface area contributed by atoms with Gasteiger partial charge in [0.1, 0.15) is 5.60 Å². The van der Waals surface area contributed by atoms with Gasteiger partial charge in [-0.3, -0.25) is 4.90 Å². The van der Waals surface area contributed by atoms with E-state index in [0.717, 1.165) is 18.4 Å². The van der Waals surface area contributed by atoms with Gasteiger partial charge in [0.2, 0.25) is 0 Å². The van der Waals surface area contributed by atoms with Gasteiger partial charge in [-0.2, -0.15) is 0 Å². The highest BCUT2D eigenvalue weighted by Gasteiger charge is 2.56. The molecular weight excluding hydrogens is 332 g/mol. The molecule has 2 amide bonds. The van der Waals surface area contributed by atoms with Gasteiger partial charge >= 0.3 is 12.2 Å². The summed E-state index contributed by atoms with van der Waals surface area (Å²) in [6, 6.07) is 9.89. The molecule has 1 aromatic carbocycles. The van der Waals surface area contributed by atoms with Crippen molar-refractivity contribution < 1.29 is 19.1 Å². The van der Waals surface area contributed by atoms with Gasteiger partial charge in [0.25, 0.3) is 0 Å². The first-order valence-electron chi connectivity index (χ1n) is 9.27. The largest absolute Gasteiger partial charge is 0.444 e. The molecule has 2 fully saturated rings. The van der Waals surface area contributed by atoms with Crippen molar-refractivity contribution in [3.8, 4) is 0 Å². The Hall–Kier alpha value is -2.24. The van der Waals surface area contributed by atoms with Crippen LogP contribution in [-0.4, -0.2) is 46.4 Å². The van der Waals surface area contributed by atoms with Gasteiger partial charge < -0.3 is 14.4 Å². The standard InChI is InChI=1S/C20H28N2O4/c1-15(16-9-6-5-7-10-16)22-18(24)26-20(22)11-8-13-21(14-12-20)17(23)25-19(2,3)4/h5-7,9-10,15H,8,11-14H2,1-4H3/t15-,20?/m1/s1. The van der Waals surface area contributed by atoms with Gasteiger partial charge in [0.15, 0.2) is 5.72 Å². The zero-order chi connectivity index (χ0) is 18.9. The number of hydrogen-bond acceptors (Lipinski definition) is 4. The number of ether oxygens (including phenoxy) is 2. The summed E-state index contributed by atoms with van der Waals surface area (Å²) >= 11 is 0. The van der Waals surface area contributed by atoms with E-state index in [0.29, 0.717) is 19.5 Å². The Balaban J connectivity index is 1.71. The number of hydrogen-bond donors (Lipinski definition) is 0. The number of benzene rings is 1. The van der Waals surface area contributed by atoms with E-state index < -0.39 is 11.3 Å². The van der Waals surface area contributed by atoms with Crippen molar-refractivity contribution in [2.45, 2.75) is 64.3 Å². The minimum atomic E-state index is -0.622. The van der Waals surface area contributed by atoms with Crippen molar-refractivity contribution in [3.63, 3.8) is 0 Å². The zero-order valence-electron chi connectivity index (χ0n) is 16.0. The Kier molecular flexibility index (Phi) is 4.86. The van der Waals surface area contributed by atoms with Crippen LogP contribution in [0.4, 0.5) is 9.59 Å². The normalized spacial score (nSPS) is 24.5. The van der Waals surface area contributed by atoms with Gasteiger partial charge in [-0.25, -0.2) is 9.59 Å². The van der Waals surface area contributed by atoms with Gasteiger partial charge in [-0.15, -0.1) is 0 Å². The molecule has 0 radical (unpaired) electrons. The van der Waals surface area contributed by atoms with Crippen molar-refractivity contribution in [1.29, 1.82) is 0 Å². The topological polar surface area (TPSA) is 59.1 Å². The van der Waals surface area contributed by atoms with Crippen LogP contribution in [-0.2, 0) is 9.47 Å². The molecular formula is C20H28N2O4. The first-order chi connectivity index (χ1) is 12.2. The Morgan fingerprint density at radius 3 is 2.50 bits per heavy atom. The molecule has 6 heteroatoms. The third-order valence-electron chi connectivity index (χ3n) is 5.00. The van der Waals surface area contributed by atoms with Crippen molar-refractivity contribution in [3.05, 3.63) is 35.9 Å². The van der Waals surface area contributed by atoms with Gasteiger partial charge in [0.05, 0.1) is 6.04 Å². The van der Waals surface area contributed by atoms with Crippen LogP contribution in [0, 0.1) is 0 Å². The molecule has 1 unspecified atom stereocenters. The van der Waals surface area contributed by atoms with Crippen LogP contribution >= 0.6 is 0 Å². The lowest BCUT2D eigenvalue weighted by Crippen LogP contribution is -2.66. The van der Waals surface area contributed by atoms with Crippen molar-refractivity contribution >= 4 is 12.2 Å². The van der Waals surface area contributed by atoms with Crippen LogP contribution in [0.5, 0.6) is 0 Å². The van der Waals surface area contributed by atoms with E-state index >= 15 is 0 Å². The first-order valence-corrected chi connectivity index (χ1v) is 9.27. The average Bonchev–Trinajstić information content (AvgIpc) is 2.78. The lowest BCUT2D eigenvalue weighted by Gasteiger charge is -2.53. The molecule has 0 N–H and O–H groups in total. The summed E-state index contributed by atoms with van der Waals surface area (Å²) in [6.45, 7) is 8.74. The third-order valence-corrected chi connectivity index (χ3v) is 5.00. The number of carbonyl (C=O) groups excluding carboxylic acids is 2. The maximum atomic E-state index is 12.4. The molecule has 0 saturated carbocycles. The summed E-state index contributed by atoms with van der Waals surface area (Å²) in [6.07, 6.45) is 1.49. The highest BCUT2D eigenvalue weighted by molar-refractivity contribution is 5.75. The third kappa shape index (κ3) is 3.64. The maximum Gasteiger partial charge on any atom is 0.415 e. The van der Waals surface area contributed by atoms with E-state index in [9.17, 15) is 9.59 Å². The van der Waals surface area contributed by atoms with E-state index in [1.54, 1.807) is 4.90 Å². The second-order valence-electron chi connectivity index (χ2n) is 8.09. The Morgan fingerprint density at radius 1 is 1.19 bits per heavy atom. The summed E-state index contributed by atoms with van der Waals surface area (Å²) in [4.78, 5) is 28.2. The van der Waals surface area contributed by atoms with E-state index in [1.165, 1.54) is 0 Å². The summed E-state index contributed by atoms with van der Waals surface area (Å²) in [5, 5.41) is 0. The molecule has 2 aliphatic heterocycles. The average molecular weight is 360 g/mol. The molecule has 6 nitrogen and oxygen atoms in total. The smallest absolute Gasteiger partial charge is 0.415 e. The van der Waals surface area contributed by atoms with Crippen LogP contribution in [0.25, 0.3) is 0 Å². The maximum absolute atomic E-state index is 12.4. The quantitative estimate of drug-likeness (QED) is 0.788. The fourth-order valence-corrected chi connectivity index (χ4v) is 3.72. The lowest BCUT2D eigenvalue weighted by atomic mass is 9.95. The number of likely N-dealkylation sites (tertiary alicyclic amines) is 1. The molecule has 2 atom stereocenters. The number of carbonyl (C=O) groups is 2. The van der Waals surface area contributed by atoms with Crippen molar-refractivity contribution in [2.75, 3.05) is 13.1 Å². The molecule has 0 aromatic heterocycles. The van der Waals surface area contributed by atoms with Crippen LogP contribution in [0.2, 0.25) is 0 Å². The minimum Gasteiger partial charge on any atom is -0.444 e. The predicted octanol–water partition coefficient (Wildman–Crippen LogP) is 4.32. The van der Waals surface area contributed by atoms with Crippen LogP contribution in [0.1, 0.15) is 58.6 Å². The minimum absolute atomic E-state index is 0.0643. The molecule has 26 heavy (non-hydrogen) atoms. The zero-order valence-corrected chi connectivity index (χ0v) is 16.0. The number of nitrogens with zero attached hydrogens (tertiary/aromatic N) is 2. The highest BCUT2D eigenvalue weighted by atomic mass is 16.6.